The first-order chi connectivity index (χ1) is 4.60. The number of halogens is 2. The summed E-state index contributed by atoms with van der Waals surface area (Å²) in [4.78, 5) is 0. The van der Waals surface area contributed by atoms with Gasteiger partial charge in [-0.3, -0.25) is 0 Å². The van der Waals surface area contributed by atoms with Crippen LogP contribution in [0, 0.1) is 0 Å². The van der Waals surface area contributed by atoms with E-state index >= 15 is 0 Å². The molecule has 0 atom stereocenters. The van der Waals surface area contributed by atoms with Crippen molar-refractivity contribution in [3.63, 3.8) is 0 Å². The first kappa shape index (κ1) is 13.8. The van der Waals surface area contributed by atoms with Crippen molar-refractivity contribution in [3.05, 3.63) is 21.5 Å². The van der Waals surface area contributed by atoms with Crippen LogP contribution in [0.15, 0.2) is 21.5 Å². The van der Waals surface area contributed by atoms with Crippen LogP contribution in [0.2, 0.25) is 9.26 Å². The molecule has 1 aliphatic heterocycles. The van der Waals surface area contributed by atoms with Crippen molar-refractivity contribution in [1.29, 1.82) is 0 Å². The summed E-state index contributed by atoms with van der Waals surface area (Å²) < 4.78 is 7.41. The molecular weight excluding hydrogens is 391 g/mol. The number of rotatable bonds is 1. The van der Waals surface area contributed by atoms with Gasteiger partial charge in [-0.05, 0) is 0 Å². The van der Waals surface area contributed by atoms with Crippen LogP contribution in [-0.4, -0.2) is 12.3 Å². The van der Waals surface area contributed by atoms with Gasteiger partial charge >= 0.3 is 66.6 Å². The molecule has 71 valence electrons. The number of allylic oxidation sites excluding steroid dienone is 4. The summed E-state index contributed by atoms with van der Waals surface area (Å²) in [6.07, 6.45) is 9.65. The molecule has 1 heterocycles. The van der Waals surface area contributed by atoms with Gasteiger partial charge in [0.15, 0.2) is 0 Å². The summed E-state index contributed by atoms with van der Waals surface area (Å²) in [6.45, 7) is 0. The van der Waals surface area contributed by atoms with E-state index in [0.29, 0.717) is 12.3 Å². The van der Waals surface area contributed by atoms with Gasteiger partial charge in [0.25, 0.3) is 0 Å². The summed E-state index contributed by atoms with van der Waals surface area (Å²) in [5.74, 6) is 0. The Kier molecular flexibility index (Phi) is 4.69. The van der Waals surface area contributed by atoms with E-state index in [1.807, 2.05) is 3.28 Å². The molecule has 1 fully saturated rings. The fourth-order valence-corrected chi connectivity index (χ4v) is 123. The van der Waals surface area contributed by atoms with E-state index in [1.165, 1.54) is 6.42 Å². The van der Waals surface area contributed by atoms with Gasteiger partial charge in [0.05, 0.1) is 0 Å². The third kappa shape index (κ3) is 2.41. The molecule has 5 heteroatoms. The Morgan fingerprint density at radius 2 is 1.83 bits per heavy atom. The molecule has 0 aromatic heterocycles. The van der Waals surface area contributed by atoms with E-state index in [4.69, 9.17) is 0 Å². The first-order valence-corrected chi connectivity index (χ1v) is 26.2. The van der Waals surface area contributed by atoms with Crippen LogP contribution >= 0.6 is 34.0 Å². The molecule has 0 N–H and O–H groups in total. The summed E-state index contributed by atoms with van der Waals surface area (Å²) in [7, 11) is 0. The first-order valence-electron chi connectivity index (χ1n) is 4.17. The molecule has 0 amide bonds. The fourth-order valence-electron chi connectivity index (χ4n) is 1.71. The molecule has 1 aliphatic carbocycles. The molecular formula is C7H17Br2Si2Zr. The Morgan fingerprint density at radius 1 is 1.25 bits per heavy atom. The minimum atomic E-state index is -1.68. The van der Waals surface area contributed by atoms with Crippen LogP contribution in [0.25, 0.3) is 0 Å². The molecule has 0 unspecified atom stereocenters. The molecule has 0 radical (unpaired) electrons. The van der Waals surface area contributed by atoms with Crippen molar-refractivity contribution < 1.29 is 17.1 Å². The predicted molar refractivity (Wildman–Crippen MR) is 71.3 cm³/mol. The summed E-state index contributed by atoms with van der Waals surface area (Å²) in [5, 5.41) is 0. The van der Waals surface area contributed by atoms with E-state index in [1.54, 1.807) is 0 Å². The zero-order chi connectivity index (χ0) is 7.27. The zero-order valence-electron chi connectivity index (χ0n) is 7.67. The summed E-state index contributed by atoms with van der Waals surface area (Å²) in [5.41, 5.74) is 0. The van der Waals surface area contributed by atoms with Gasteiger partial charge in [-0.15, -0.1) is 34.0 Å². The average Bonchev–Trinajstić information content (AvgIpc) is 2.35. The minimum absolute atomic E-state index is 0. The quantitative estimate of drug-likeness (QED) is 0.582. The fraction of sp³-hybridized carbons (Fsp3) is 0.429. The van der Waals surface area contributed by atoms with E-state index in [0.717, 1.165) is 0 Å². The Hall–Kier alpha value is 1.76. The van der Waals surface area contributed by atoms with Crippen molar-refractivity contribution >= 4 is 46.3 Å². The SMILES string of the molecule is Br.Br.[CH3][Zr]1([CH3])([C]2=CC=CC2)[SiH2][SiH2]1. The van der Waals surface area contributed by atoms with Gasteiger partial charge in [-0.25, -0.2) is 0 Å². The average molecular weight is 408 g/mol. The molecule has 0 nitrogen and oxygen atoms in total. The van der Waals surface area contributed by atoms with E-state index in [-0.39, 0.29) is 34.0 Å². The Balaban J connectivity index is 0.000000605. The third-order valence-electron chi connectivity index (χ3n) is 3.37. The number of hydrogen-bond acceptors (Lipinski definition) is 0. The van der Waals surface area contributed by atoms with Crippen LogP contribution in [0.3, 0.4) is 0 Å². The maximum atomic E-state index is 2.72. The Labute approximate surface area is 99.3 Å². The molecule has 1 saturated heterocycles. The van der Waals surface area contributed by atoms with E-state index in [9.17, 15) is 0 Å². The Morgan fingerprint density at radius 3 is 2.17 bits per heavy atom. The molecule has 0 aromatic rings. The summed E-state index contributed by atoms with van der Waals surface area (Å²) >= 11 is -1.68. The van der Waals surface area contributed by atoms with Gasteiger partial charge in [0, 0.05) is 0 Å². The van der Waals surface area contributed by atoms with E-state index in [2.05, 4.69) is 27.5 Å². The normalized spacial score (nSPS) is 34.2. The third-order valence-corrected chi connectivity index (χ3v) is 93.4. The molecule has 0 aromatic carbocycles. The van der Waals surface area contributed by atoms with Gasteiger partial charge in [0.2, 0.25) is 0 Å². The topological polar surface area (TPSA) is 0 Å². The van der Waals surface area contributed by atoms with Crippen LogP contribution in [0.4, 0.5) is 0 Å². The van der Waals surface area contributed by atoms with Crippen LogP contribution in [-0.2, 0) is 17.1 Å². The van der Waals surface area contributed by atoms with Gasteiger partial charge in [0.1, 0.15) is 0 Å². The van der Waals surface area contributed by atoms with Crippen molar-refractivity contribution in [2.75, 3.05) is 0 Å². The van der Waals surface area contributed by atoms with Crippen molar-refractivity contribution in [1.82, 2.24) is 0 Å². The van der Waals surface area contributed by atoms with Gasteiger partial charge in [-0.1, -0.05) is 0 Å². The second-order valence-electron chi connectivity index (χ2n) is 4.84. The van der Waals surface area contributed by atoms with Crippen molar-refractivity contribution in [2.45, 2.75) is 15.7 Å². The molecule has 12 heavy (non-hydrogen) atoms. The van der Waals surface area contributed by atoms with Crippen LogP contribution < -0.4 is 0 Å². The maximum absolute atomic E-state index is 2.72. The molecule has 2 aliphatic rings. The number of hydrogen-bond donors (Lipinski definition) is 0. The standard InChI is InChI=1S/C5H5.2CH3.2BrH.H4Si2.Zr/c1-2-4-5-3-1;;;;;1-2;/h1-3H,4H2;2*1H3;2*1H;1-2H2;. The predicted octanol–water partition coefficient (Wildman–Crippen LogP) is 1.87. The van der Waals surface area contributed by atoms with E-state index < -0.39 is 17.1 Å². The molecule has 2 rings (SSSR count). The van der Waals surface area contributed by atoms with Crippen LogP contribution in [0.5, 0.6) is 0 Å². The second-order valence-corrected chi connectivity index (χ2v) is 80.1. The van der Waals surface area contributed by atoms with Crippen molar-refractivity contribution in [3.8, 4) is 0 Å². The summed E-state index contributed by atoms with van der Waals surface area (Å²) in [6, 6.07) is 0. The monoisotopic (exact) mass is 405 g/mol. The van der Waals surface area contributed by atoms with Gasteiger partial charge in [-0.2, -0.15) is 0 Å². The second kappa shape index (κ2) is 4.09. The van der Waals surface area contributed by atoms with Crippen molar-refractivity contribution in [2.24, 2.45) is 0 Å². The Bertz CT molecular complexity index is 240. The van der Waals surface area contributed by atoms with Crippen LogP contribution in [0.1, 0.15) is 6.42 Å². The van der Waals surface area contributed by atoms with Gasteiger partial charge < -0.3 is 0 Å². The zero-order valence-corrected chi connectivity index (χ0v) is 16.4. The molecule has 0 saturated carbocycles. The molecule has 0 spiro atoms. The molecule has 0 bridgehead atoms.